The second-order valence-electron chi connectivity index (χ2n) is 7.72. The first-order chi connectivity index (χ1) is 16.8. The summed E-state index contributed by atoms with van der Waals surface area (Å²) in [6.45, 7) is 1.37. The smallest absolute Gasteiger partial charge is 0.300 e. The number of nitrogens with zero attached hydrogens (tertiary/aromatic N) is 2. The third-order valence-electron chi connectivity index (χ3n) is 5.52. The van der Waals surface area contributed by atoms with Crippen LogP contribution in [0.4, 0.5) is 11.4 Å². The second-order valence-corrected chi connectivity index (χ2v) is 7.72. The fourth-order valence-electron chi connectivity index (χ4n) is 4.00. The van der Waals surface area contributed by atoms with Crippen molar-refractivity contribution >= 4 is 34.7 Å². The number of methoxy groups -OCH3 is 2. The molecule has 178 valence electrons. The van der Waals surface area contributed by atoms with Gasteiger partial charge in [0.05, 0.1) is 31.1 Å². The highest BCUT2D eigenvalue weighted by molar-refractivity contribution is 6.51. The molecule has 1 fully saturated rings. The summed E-state index contributed by atoms with van der Waals surface area (Å²) in [7, 11) is 2.90. The van der Waals surface area contributed by atoms with Gasteiger partial charge in [-0.2, -0.15) is 0 Å². The normalized spacial score (nSPS) is 16.8. The maximum absolute atomic E-state index is 13.3. The van der Waals surface area contributed by atoms with E-state index in [4.69, 9.17) is 9.47 Å². The molecule has 0 spiro atoms. The molecule has 0 radical (unpaired) electrons. The summed E-state index contributed by atoms with van der Waals surface area (Å²) >= 11 is 0. The predicted molar refractivity (Wildman–Crippen MR) is 129 cm³/mol. The molecular formula is C26H23N3O6. The van der Waals surface area contributed by atoms with E-state index in [-0.39, 0.29) is 17.0 Å². The lowest BCUT2D eigenvalue weighted by Gasteiger charge is -2.25. The van der Waals surface area contributed by atoms with Gasteiger partial charge < -0.3 is 19.9 Å². The minimum atomic E-state index is -1.03. The van der Waals surface area contributed by atoms with Crippen LogP contribution in [0.5, 0.6) is 11.5 Å². The van der Waals surface area contributed by atoms with Crippen molar-refractivity contribution in [3.8, 4) is 11.5 Å². The highest BCUT2D eigenvalue weighted by Crippen LogP contribution is 2.43. The summed E-state index contributed by atoms with van der Waals surface area (Å²) in [6, 6.07) is 15.4. The molecule has 2 amide bonds. The number of hydrogen-bond donors (Lipinski definition) is 2. The Labute approximate surface area is 201 Å². The lowest BCUT2D eigenvalue weighted by atomic mass is 9.97. The Bertz CT molecular complexity index is 1340. The monoisotopic (exact) mass is 473 g/mol. The molecule has 4 rings (SSSR count). The van der Waals surface area contributed by atoms with Gasteiger partial charge in [0.15, 0.2) is 0 Å². The molecule has 2 N–H and O–H groups in total. The van der Waals surface area contributed by atoms with E-state index in [9.17, 15) is 19.5 Å². The van der Waals surface area contributed by atoms with Crippen LogP contribution in [-0.2, 0) is 14.4 Å². The van der Waals surface area contributed by atoms with Crippen molar-refractivity contribution in [3.63, 3.8) is 0 Å². The van der Waals surface area contributed by atoms with E-state index in [1.165, 1.54) is 38.3 Å². The number of anilines is 2. The van der Waals surface area contributed by atoms with Crippen LogP contribution in [0.2, 0.25) is 0 Å². The Kier molecular flexibility index (Phi) is 6.50. The summed E-state index contributed by atoms with van der Waals surface area (Å²) in [6.07, 6.45) is 1.54. The molecule has 1 aromatic heterocycles. The van der Waals surface area contributed by atoms with Crippen LogP contribution in [0.15, 0.2) is 72.4 Å². The van der Waals surface area contributed by atoms with Gasteiger partial charge >= 0.3 is 0 Å². The molecule has 9 heteroatoms. The Morgan fingerprint density at radius 1 is 1.03 bits per heavy atom. The van der Waals surface area contributed by atoms with Crippen molar-refractivity contribution in [2.45, 2.75) is 13.0 Å². The van der Waals surface area contributed by atoms with Crippen LogP contribution in [0.1, 0.15) is 24.2 Å². The number of Topliss-reactive ketones (excluding diaryl/α,β-unsaturated/α-hetero) is 1. The summed E-state index contributed by atoms with van der Waals surface area (Å²) in [4.78, 5) is 43.8. The number of benzene rings is 2. The van der Waals surface area contributed by atoms with E-state index in [1.54, 1.807) is 54.6 Å². The van der Waals surface area contributed by atoms with Gasteiger partial charge in [-0.15, -0.1) is 0 Å². The Hall–Kier alpha value is -4.66. The van der Waals surface area contributed by atoms with Crippen molar-refractivity contribution in [2.75, 3.05) is 24.4 Å². The fourth-order valence-corrected chi connectivity index (χ4v) is 4.00. The first-order valence-corrected chi connectivity index (χ1v) is 10.7. The third kappa shape index (κ3) is 4.43. The van der Waals surface area contributed by atoms with Crippen molar-refractivity contribution in [3.05, 3.63) is 83.7 Å². The zero-order chi connectivity index (χ0) is 25.1. The van der Waals surface area contributed by atoms with Gasteiger partial charge in [0.2, 0.25) is 5.91 Å². The summed E-state index contributed by atoms with van der Waals surface area (Å²) in [5.74, 6) is -1.70. The van der Waals surface area contributed by atoms with E-state index >= 15 is 0 Å². The average molecular weight is 473 g/mol. The molecule has 3 aromatic rings. The summed E-state index contributed by atoms with van der Waals surface area (Å²) in [5.41, 5.74) is 1.22. The molecule has 2 aromatic carbocycles. The van der Waals surface area contributed by atoms with Crippen LogP contribution in [0.25, 0.3) is 5.76 Å². The number of amides is 2. The number of pyridine rings is 1. The van der Waals surface area contributed by atoms with Gasteiger partial charge in [-0.1, -0.05) is 12.1 Å². The van der Waals surface area contributed by atoms with E-state index in [2.05, 4.69) is 10.3 Å². The number of rotatable bonds is 6. The molecular weight excluding hydrogens is 450 g/mol. The molecule has 35 heavy (non-hydrogen) atoms. The topological polar surface area (TPSA) is 118 Å². The number of carbonyl (C=O) groups is 3. The quantitative estimate of drug-likeness (QED) is 0.318. The largest absolute Gasteiger partial charge is 0.507 e. The molecule has 1 unspecified atom stereocenters. The number of ether oxygens (including phenoxy) is 2. The number of nitrogens with one attached hydrogen (secondary N) is 1. The molecule has 0 bridgehead atoms. The lowest BCUT2D eigenvalue weighted by molar-refractivity contribution is -0.132. The van der Waals surface area contributed by atoms with Crippen molar-refractivity contribution in [1.29, 1.82) is 0 Å². The van der Waals surface area contributed by atoms with E-state index < -0.39 is 23.5 Å². The fraction of sp³-hybridized carbons (Fsp3) is 0.154. The number of carbonyl (C=O) groups excluding carboxylic acids is 3. The van der Waals surface area contributed by atoms with Crippen molar-refractivity contribution in [2.24, 2.45) is 0 Å². The Morgan fingerprint density at radius 2 is 1.83 bits per heavy atom. The maximum Gasteiger partial charge on any atom is 0.300 e. The van der Waals surface area contributed by atoms with Gasteiger partial charge in [-0.05, 0) is 48.5 Å². The van der Waals surface area contributed by atoms with Crippen LogP contribution in [-0.4, -0.2) is 41.9 Å². The van der Waals surface area contributed by atoms with Gasteiger partial charge in [0.25, 0.3) is 11.7 Å². The highest BCUT2D eigenvalue weighted by Gasteiger charge is 2.48. The maximum atomic E-state index is 13.3. The second kappa shape index (κ2) is 9.68. The van der Waals surface area contributed by atoms with Crippen LogP contribution in [0.3, 0.4) is 0 Å². The molecule has 1 aliphatic heterocycles. The van der Waals surface area contributed by atoms with E-state index in [0.29, 0.717) is 28.6 Å². The minimum Gasteiger partial charge on any atom is -0.507 e. The van der Waals surface area contributed by atoms with Crippen LogP contribution in [0, 0.1) is 0 Å². The molecule has 0 aliphatic carbocycles. The predicted octanol–water partition coefficient (Wildman–Crippen LogP) is 3.68. The van der Waals surface area contributed by atoms with E-state index in [1.807, 2.05) is 0 Å². The average Bonchev–Trinajstić information content (AvgIpc) is 3.13. The molecule has 1 atom stereocenters. The lowest BCUT2D eigenvalue weighted by Crippen LogP contribution is -2.30. The number of aromatic nitrogens is 1. The molecule has 9 nitrogen and oxygen atoms in total. The summed E-state index contributed by atoms with van der Waals surface area (Å²) in [5, 5.41) is 14.0. The number of ketones is 1. The van der Waals surface area contributed by atoms with Crippen LogP contribution >= 0.6 is 0 Å². The van der Waals surface area contributed by atoms with E-state index in [0.717, 1.165) is 0 Å². The standard InChI is InChI=1S/C26H23N3O6/c1-15(30)28-16-7-6-8-17(13-16)29-23(20-9-4-5-12-27-20)22(25(32)26(29)33)24(31)19-14-18(34-2)10-11-21(19)35-3/h4-14,23,31H,1-3H3,(H,28,30)/b24-22+. The highest BCUT2D eigenvalue weighted by atomic mass is 16.5. The SMILES string of the molecule is COc1ccc(OC)c(/C(O)=C2\C(=O)C(=O)N(c3cccc(NC(C)=O)c3)C2c2ccccn2)c1. The minimum absolute atomic E-state index is 0.148. The molecule has 2 heterocycles. The molecule has 0 saturated carbocycles. The molecule has 1 aliphatic rings. The summed E-state index contributed by atoms with van der Waals surface area (Å²) < 4.78 is 10.6. The van der Waals surface area contributed by atoms with Crippen molar-refractivity contribution < 1.29 is 29.0 Å². The Morgan fingerprint density at radius 3 is 2.49 bits per heavy atom. The van der Waals surface area contributed by atoms with Crippen LogP contribution < -0.4 is 19.7 Å². The number of aliphatic hydroxyl groups excluding tert-OH is 1. The third-order valence-corrected chi connectivity index (χ3v) is 5.52. The van der Waals surface area contributed by atoms with Gasteiger partial charge in [0, 0.05) is 24.5 Å². The van der Waals surface area contributed by atoms with Gasteiger partial charge in [-0.3, -0.25) is 24.3 Å². The van der Waals surface area contributed by atoms with Gasteiger partial charge in [0.1, 0.15) is 23.3 Å². The van der Waals surface area contributed by atoms with Crippen molar-refractivity contribution in [1.82, 2.24) is 4.98 Å². The first-order valence-electron chi connectivity index (χ1n) is 10.7. The number of hydrogen-bond acceptors (Lipinski definition) is 7. The number of aliphatic hydroxyl groups is 1. The zero-order valence-corrected chi connectivity index (χ0v) is 19.3. The first kappa shape index (κ1) is 23.5. The van der Waals surface area contributed by atoms with Gasteiger partial charge in [-0.25, -0.2) is 0 Å². The zero-order valence-electron chi connectivity index (χ0n) is 19.3. The Balaban J connectivity index is 1.94. The molecule has 1 saturated heterocycles.